The number of ether oxygens (including phenoxy) is 1. The Morgan fingerprint density at radius 3 is 2.68 bits per heavy atom. The fourth-order valence-electron chi connectivity index (χ4n) is 3.94. The number of benzene rings is 1. The molecule has 0 spiro atoms. The van der Waals surface area contributed by atoms with Crippen molar-refractivity contribution >= 4 is 41.5 Å². The van der Waals surface area contributed by atoms with E-state index in [4.69, 9.17) is 9.73 Å². The van der Waals surface area contributed by atoms with E-state index in [1.807, 2.05) is 0 Å². The molecule has 1 saturated heterocycles. The smallest absolute Gasteiger partial charge is 0.239 e. The Balaban J connectivity index is 0.00000341. The number of carbonyl (C=O) groups excluding carboxylic acids is 1. The fourth-order valence-corrected chi connectivity index (χ4v) is 3.94. The maximum absolute atomic E-state index is 11.6. The summed E-state index contributed by atoms with van der Waals surface area (Å²) < 4.78 is 5.99. The zero-order valence-corrected chi connectivity index (χ0v) is 21.0. The van der Waals surface area contributed by atoms with Crippen LogP contribution in [-0.4, -0.2) is 57.3 Å². The third kappa shape index (κ3) is 9.22. The summed E-state index contributed by atoms with van der Waals surface area (Å²) in [6.45, 7) is 7.18. The third-order valence-corrected chi connectivity index (χ3v) is 5.62. The largest absolute Gasteiger partial charge is 0.378 e. The minimum absolute atomic E-state index is 0. The summed E-state index contributed by atoms with van der Waals surface area (Å²) in [7, 11) is 0. The van der Waals surface area contributed by atoms with Gasteiger partial charge in [-0.15, -0.1) is 24.0 Å². The van der Waals surface area contributed by atoms with E-state index in [1.54, 1.807) is 0 Å². The molecular weight excluding hydrogens is 505 g/mol. The van der Waals surface area contributed by atoms with E-state index < -0.39 is 0 Å². The molecule has 2 fully saturated rings. The molecule has 1 heterocycles. The summed E-state index contributed by atoms with van der Waals surface area (Å²) in [5.74, 6) is 0.923. The van der Waals surface area contributed by atoms with Crippen LogP contribution in [0.4, 0.5) is 5.69 Å². The predicted molar refractivity (Wildman–Crippen MR) is 137 cm³/mol. The maximum Gasteiger partial charge on any atom is 0.239 e. The first-order valence-electron chi connectivity index (χ1n) is 11.5. The highest BCUT2D eigenvalue weighted by Crippen LogP contribution is 2.20. The Kier molecular flexibility index (Phi) is 12.0. The van der Waals surface area contributed by atoms with E-state index in [0.29, 0.717) is 25.7 Å². The number of anilines is 1. The third-order valence-electron chi connectivity index (χ3n) is 5.62. The molecule has 1 aliphatic carbocycles. The molecule has 0 aromatic heterocycles. The maximum atomic E-state index is 11.6. The second-order valence-corrected chi connectivity index (χ2v) is 8.04. The number of halogens is 1. The molecule has 1 aromatic rings. The topological polar surface area (TPSA) is 78.0 Å². The second kappa shape index (κ2) is 14.5. The van der Waals surface area contributed by atoms with Gasteiger partial charge in [0.2, 0.25) is 5.91 Å². The Labute approximate surface area is 203 Å². The molecule has 1 aliphatic heterocycles. The SMILES string of the molecule is CCNC(=NCc1ccc(N2CCNC(=O)C2)cc1)NCCCOC1CCCCC1.I. The molecule has 0 unspecified atom stereocenters. The average molecular weight is 543 g/mol. The van der Waals surface area contributed by atoms with E-state index in [-0.39, 0.29) is 29.9 Å². The Morgan fingerprint density at radius 1 is 1.19 bits per heavy atom. The van der Waals surface area contributed by atoms with Crippen LogP contribution in [0.15, 0.2) is 29.3 Å². The lowest BCUT2D eigenvalue weighted by molar-refractivity contribution is -0.120. The Morgan fingerprint density at radius 2 is 1.97 bits per heavy atom. The molecule has 2 aliphatic rings. The molecule has 31 heavy (non-hydrogen) atoms. The van der Waals surface area contributed by atoms with Gasteiger partial charge in [-0.25, -0.2) is 4.99 Å². The number of hydrogen-bond acceptors (Lipinski definition) is 4. The van der Waals surface area contributed by atoms with Gasteiger partial charge in [0.1, 0.15) is 0 Å². The molecule has 8 heteroatoms. The molecule has 1 aromatic carbocycles. The van der Waals surface area contributed by atoms with Crippen LogP contribution < -0.4 is 20.9 Å². The summed E-state index contributed by atoms with van der Waals surface area (Å²) in [4.78, 5) is 18.4. The number of piperazine rings is 1. The van der Waals surface area contributed by atoms with Crippen molar-refractivity contribution in [3.05, 3.63) is 29.8 Å². The number of hydrogen-bond donors (Lipinski definition) is 3. The molecule has 0 radical (unpaired) electrons. The number of guanidine groups is 1. The van der Waals surface area contributed by atoms with E-state index in [0.717, 1.165) is 49.9 Å². The van der Waals surface area contributed by atoms with Crippen molar-refractivity contribution in [2.75, 3.05) is 44.2 Å². The van der Waals surface area contributed by atoms with E-state index >= 15 is 0 Å². The Hall–Kier alpha value is -1.55. The summed E-state index contributed by atoms with van der Waals surface area (Å²) in [6.07, 6.45) is 7.90. The number of amides is 1. The van der Waals surface area contributed by atoms with Crippen LogP contribution in [0, 0.1) is 0 Å². The summed E-state index contributed by atoms with van der Waals surface area (Å²) in [6, 6.07) is 8.33. The van der Waals surface area contributed by atoms with Gasteiger partial charge in [-0.05, 0) is 43.9 Å². The van der Waals surface area contributed by atoms with Gasteiger partial charge < -0.3 is 25.6 Å². The van der Waals surface area contributed by atoms with Crippen molar-refractivity contribution in [3.63, 3.8) is 0 Å². The number of rotatable bonds is 9. The first-order valence-corrected chi connectivity index (χ1v) is 11.5. The molecule has 3 N–H and O–H groups in total. The summed E-state index contributed by atoms with van der Waals surface area (Å²) >= 11 is 0. The van der Waals surface area contributed by atoms with Gasteiger partial charge in [-0.3, -0.25) is 4.79 Å². The van der Waals surface area contributed by atoms with Crippen LogP contribution in [0.1, 0.15) is 51.0 Å². The highest BCUT2D eigenvalue weighted by molar-refractivity contribution is 14.0. The first-order chi connectivity index (χ1) is 14.7. The highest BCUT2D eigenvalue weighted by Gasteiger charge is 2.16. The molecule has 3 rings (SSSR count). The van der Waals surface area contributed by atoms with Crippen LogP contribution in [0.3, 0.4) is 0 Å². The van der Waals surface area contributed by atoms with Gasteiger partial charge in [0.05, 0.1) is 19.2 Å². The lowest BCUT2D eigenvalue weighted by Crippen LogP contribution is -2.47. The van der Waals surface area contributed by atoms with Gasteiger partial charge in [-0.2, -0.15) is 0 Å². The van der Waals surface area contributed by atoms with Crippen molar-refractivity contribution in [2.24, 2.45) is 4.99 Å². The minimum Gasteiger partial charge on any atom is -0.378 e. The van der Waals surface area contributed by atoms with Crippen LogP contribution >= 0.6 is 24.0 Å². The fraction of sp³-hybridized carbons (Fsp3) is 0.652. The summed E-state index contributed by atoms with van der Waals surface area (Å²) in [5, 5.41) is 9.57. The van der Waals surface area contributed by atoms with Crippen molar-refractivity contribution in [1.82, 2.24) is 16.0 Å². The van der Waals surface area contributed by atoms with E-state index in [1.165, 1.54) is 32.1 Å². The predicted octanol–water partition coefficient (Wildman–Crippen LogP) is 3.04. The first kappa shape index (κ1) is 25.7. The molecule has 0 atom stereocenters. The molecule has 1 amide bonds. The normalized spacial score (nSPS) is 17.6. The number of aliphatic imine (C=N–C) groups is 1. The summed E-state index contributed by atoms with van der Waals surface area (Å²) in [5.41, 5.74) is 2.23. The zero-order chi connectivity index (χ0) is 21.0. The van der Waals surface area contributed by atoms with Crippen LogP contribution in [0.25, 0.3) is 0 Å². The zero-order valence-electron chi connectivity index (χ0n) is 18.7. The van der Waals surface area contributed by atoms with Crippen molar-refractivity contribution < 1.29 is 9.53 Å². The van der Waals surface area contributed by atoms with Crippen LogP contribution in [0.5, 0.6) is 0 Å². The molecule has 174 valence electrons. The van der Waals surface area contributed by atoms with Gasteiger partial charge in [0, 0.05) is 38.5 Å². The monoisotopic (exact) mass is 543 g/mol. The van der Waals surface area contributed by atoms with Gasteiger partial charge in [0.25, 0.3) is 0 Å². The minimum atomic E-state index is 0. The number of nitrogens with one attached hydrogen (secondary N) is 3. The molecular formula is C23H38IN5O2. The lowest BCUT2D eigenvalue weighted by atomic mass is 9.98. The quantitative estimate of drug-likeness (QED) is 0.193. The molecule has 1 saturated carbocycles. The van der Waals surface area contributed by atoms with E-state index in [2.05, 4.69) is 52.0 Å². The van der Waals surface area contributed by atoms with Crippen molar-refractivity contribution in [1.29, 1.82) is 0 Å². The van der Waals surface area contributed by atoms with Crippen LogP contribution in [-0.2, 0) is 16.1 Å². The van der Waals surface area contributed by atoms with Gasteiger partial charge >= 0.3 is 0 Å². The van der Waals surface area contributed by atoms with Crippen molar-refractivity contribution in [3.8, 4) is 0 Å². The highest BCUT2D eigenvalue weighted by atomic mass is 127. The number of nitrogens with zero attached hydrogens (tertiary/aromatic N) is 2. The average Bonchev–Trinajstić information content (AvgIpc) is 2.78. The number of carbonyl (C=O) groups is 1. The Bertz CT molecular complexity index is 677. The van der Waals surface area contributed by atoms with Gasteiger partial charge in [0.15, 0.2) is 5.96 Å². The standard InChI is InChI=1S/C23H37N5O2.HI/c1-2-24-23(26-13-6-16-30-21-7-4-3-5-8-21)27-17-19-9-11-20(12-10-19)28-15-14-25-22(29)18-28;/h9-12,21H,2-8,13-18H2,1H3,(H,25,29)(H2,24,26,27);1H. The second-order valence-electron chi connectivity index (χ2n) is 8.04. The molecule has 0 bridgehead atoms. The van der Waals surface area contributed by atoms with Gasteiger partial charge in [-0.1, -0.05) is 31.4 Å². The lowest BCUT2D eigenvalue weighted by Gasteiger charge is -2.28. The van der Waals surface area contributed by atoms with E-state index in [9.17, 15) is 4.79 Å². The van der Waals surface area contributed by atoms with Crippen molar-refractivity contribution in [2.45, 2.75) is 58.1 Å². The van der Waals surface area contributed by atoms with Crippen LogP contribution in [0.2, 0.25) is 0 Å². The molecule has 7 nitrogen and oxygen atoms in total.